The van der Waals surface area contributed by atoms with Gasteiger partial charge in [0.15, 0.2) is 0 Å². The zero-order chi connectivity index (χ0) is 13.0. The lowest BCUT2D eigenvalue weighted by Crippen LogP contribution is -2.50. The van der Waals surface area contributed by atoms with Crippen LogP contribution in [0.5, 0.6) is 0 Å². The van der Waals surface area contributed by atoms with Gasteiger partial charge in [0.2, 0.25) is 0 Å². The maximum absolute atomic E-state index is 11.1. The second-order valence-electron chi connectivity index (χ2n) is 4.87. The minimum Gasteiger partial charge on any atom is -0.481 e. The first kappa shape index (κ1) is 11.8. The number of carboxylic acid groups (broad SMARTS) is 3. The Morgan fingerprint density at radius 3 is 2.24 bits per heavy atom. The summed E-state index contributed by atoms with van der Waals surface area (Å²) >= 11 is 0. The van der Waals surface area contributed by atoms with Crippen LogP contribution in [0.15, 0.2) is 0 Å². The van der Waals surface area contributed by atoms with Gasteiger partial charge in [-0.1, -0.05) is 0 Å². The van der Waals surface area contributed by atoms with E-state index >= 15 is 0 Å². The third kappa shape index (κ3) is 1.57. The Balaban J connectivity index is 2.23. The summed E-state index contributed by atoms with van der Waals surface area (Å²) in [5.41, 5.74) is 4.14. The van der Waals surface area contributed by atoms with Crippen LogP contribution in [0.4, 0.5) is 0 Å². The van der Waals surface area contributed by atoms with E-state index < -0.39 is 47.1 Å². The lowest BCUT2D eigenvalue weighted by molar-refractivity contribution is -0.147. The quantitative estimate of drug-likeness (QED) is 0.507. The van der Waals surface area contributed by atoms with Gasteiger partial charge in [0.25, 0.3) is 0 Å². The summed E-state index contributed by atoms with van der Waals surface area (Å²) in [6.45, 7) is 0. The number of nitrogens with two attached hydrogens (primary N) is 1. The molecular weight excluding hydrogens is 230 g/mol. The number of carboxylic acids is 3. The van der Waals surface area contributed by atoms with Crippen LogP contribution in [-0.4, -0.2) is 38.8 Å². The largest absolute Gasteiger partial charge is 0.481 e. The smallest absolute Gasteiger partial charge is 0.324 e. The fourth-order valence-electron chi connectivity index (χ4n) is 3.27. The molecule has 2 fully saturated rings. The highest BCUT2D eigenvalue weighted by Gasteiger charge is 2.73. The number of carbonyl (C=O) groups is 3. The molecule has 5 N–H and O–H groups in total. The van der Waals surface area contributed by atoms with Gasteiger partial charge in [0, 0.05) is 12.3 Å². The van der Waals surface area contributed by atoms with Crippen molar-refractivity contribution in [3.05, 3.63) is 0 Å². The molecule has 0 amide bonds. The van der Waals surface area contributed by atoms with Crippen molar-refractivity contribution in [1.82, 2.24) is 0 Å². The lowest BCUT2D eigenvalue weighted by atomic mass is 9.86. The van der Waals surface area contributed by atoms with Crippen LogP contribution < -0.4 is 5.73 Å². The van der Waals surface area contributed by atoms with Gasteiger partial charge in [-0.2, -0.15) is 0 Å². The van der Waals surface area contributed by atoms with Gasteiger partial charge in [-0.05, 0) is 18.3 Å². The Morgan fingerprint density at radius 2 is 1.82 bits per heavy atom. The van der Waals surface area contributed by atoms with Crippen LogP contribution in [0.2, 0.25) is 0 Å². The average Bonchev–Trinajstić information content (AvgIpc) is 2.84. The van der Waals surface area contributed by atoms with Crippen molar-refractivity contribution in [2.45, 2.75) is 18.4 Å². The Kier molecular flexibility index (Phi) is 2.39. The summed E-state index contributed by atoms with van der Waals surface area (Å²) in [5.74, 6) is -5.71. The number of aliphatic carboxylic acids is 3. The Morgan fingerprint density at radius 1 is 1.24 bits per heavy atom. The van der Waals surface area contributed by atoms with E-state index in [4.69, 9.17) is 21.1 Å². The highest BCUT2D eigenvalue weighted by atomic mass is 16.4. The zero-order valence-corrected chi connectivity index (χ0v) is 8.87. The van der Waals surface area contributed by atoms with Crippen molar-refractivity contribution in [2.24, 2.45) is 29.4 Å². The number of hydrogen-bond donors (Lipinski definition) is 4. The van der Waals surface area contributed by atoms with Crippen molar-refractivity contribution in [3.63, 3.8) is 0 Å². The highest BCUT2D eigenvalue weighted by Crippen LogP contribution is 2.65. The summed E-state index contributed by atoms with van der Waals surface area (Å²) in [5, 5.41) is 26.7. The molecule has 94 valence electrons. The molecule has 0 aromatic rings. The Hall–Kier alpha value is -1.63. The van der Waals surface area contributed by atoms with Gasteiger partial charge in [0.05, 0.1) is 5.92 Å². The zero-order valence-electron chi connectivity index (χ0n) is 8.87. The van der Waals surface area contributed by atoms with E-state index in [9.17, 15) is 14.4 Å². The van der Waals surface area contributed by atoms with Crippen molar-refractivity contribution >= 4 is 17.9 Å². The first-order valence-electron chi connectivity index (χ1n) is 5.26. The Labute approximate surface area is 96.2 Å². The summed E-state index contributed by atoms with van der Waals surface area (Å²) in [7, 11) is 0. The normalized spacial score (nSPS) is 42.9. The van der Waals surface area contributed by atoms with Gasteiger partial charge in [-0.15, -0.1) is 0 Å². The van der Waals surface area contributed by atoms with Crippen LogP contribution in [0, 0.1) is 23.7 Å². The maximum Gasteiger partial charge on any atom is 0.324 e. The SMILES string of the molecule is N[C@@]1(C(=O)O)C[C@H](CC(=O)O)C2C1[C@H]2C(=O)O. The van der Waals surface area contributed by atoms with E-state index in [0.717, 1.165) is 0 Å². The Bertz CT molecular complexity index is 408. The van der Waals surface area contributed by atoms with Gasteiger partial charge < -0.3 is 21.1 Å². The molecule has 5 atom stereocenters. The topological polar surface area (TPSA) is 138 Å². The molecule has 0 saturated heterocycles. The third-order valence-electron chi connectivity index (χ3n) is 3.93. The minimum atomic E-state index is -1.59. The molecule has 0 radical (unpaired) electrons. The van der Waals surface area contributed by atoms with Gasteiger partial charge >= 0.3 is 17.9 Å². The fourth-order valence-corrected chi connectivity index (χ4v) is 3.27. The third-order valence-corrected chi connectivity index (χ3v) is 3.93. The van der Waals surface area contributed by atoms with E-state index in [0.29, 0.717) is 0 Å². The number of fused-ring (bicyclic) bond motifs is 1. The second kappa shape index (κ2) is 3.43. The summed E-state index contributed by atoms with van der Waals surface area (Å²) in [4.78, 5) is 32.7. The molecule has 2 aliphatic carbocycles. The van der Waals surface area contributed by atoms with Crippen molar-refractivity contribution in [1.29, 1.82) is 0 Å². The fraction of sp³-hybridized carbons (Fsp3) is 0.700. The first-order chi connectivity index (χ1) is 7.79. The summed E-state index contributed by atoms with van der Waals surface area (Å²) in [6, 6.07) is 0. The molecule has 0 spiro atoms. The van der Waals surface area contributed by atoms with Crippen molar-refractivity contribution in [2.75, 3.05) is 0 Å². The van der Waals surface area contributed by atoms with Gasteiger partial charge in [-0.25, -0.2) is 0 Å². The molecular formula is C10H13NO6. The van der Waals surface area contributed by atoms with E-state index in [1.807, 2.05) is 0 Å². The molecule has 2 saturated carbocycles. The van der Waals surface area contributed by atoms with Crippen LogP contribution in [-0.2, 0) is 14.4 Å². The number of hydrogen-bond acceptors (Lipinski definition) is 4. The first-order valence-corrected chi connectivity index (χ1v) is 5.26. The molecule has 2 unspecified atom stereocenters. The van der Waals surface area contributed by atoms with Crippen molar-refractivity contribution in [3.8, 4) is 0 Å². The molecule has 0 aromatic heterocycles. The minimum absolute atomic E-state index is 0.0355. The van der Waals surface area contributed by atoms with Crippen LogP contribution in [0.3, 0.4) is 0 Å². The summed E-state index contributed by atoms with van der Waals surface area (Å²) < 4.78 is 0. The molecule has 17 heavy (non-hydrogen) atoms. The van der Waals surface area contributed by atoms with E-state index in [1.165, 1.54) is 0 Å². The van der Waals surface area contributed by atoms with Crippen LogP contribution in [0.25, 0.3) is 0 Å². The summed E-state index contributed by atoms with van der Waals surface area (Å²) in [6.07, 6.45) is -0.190. The highest BCUT2D eigenvalue weighted by molar-refractivity contribution is 5.85. The van der Waals surface area contributed by atoms with Gasteiger partial charge in [0.1, 0.15) is 5.54 Å². The second-order valence-corrected chi connectivity index (χ2v) is 4.87. The van der Waals surface area contributed by atoms with Gasteiger partial charge in [-0.3, -0.25) is 14.4 Å². The molecule has 7 heteroatoms. The number of rotatable bonds is 4. The van der Waals surface area contributed by atoms with E-state index in [1.54, 1.807) is 0 Å². The standard InChI is InChI=1S/C10H13NO6/c11-10(9(16)17)2-3(1-4(12)13)5-6(7(5)10)8(14)15/h3,5-7H,1-2,11H2,(H,12,13)(H,14,15)(H,16,17)/t3-,5?,6-,7?,10-/m0/s1. The van der Waals surface area contributed by atoms with E-state index in [-0.39, 0.29) is 12.8 Å². The monoisotopic (exact) mass is 243 g/mol. The molecule has 2 aliphatic rings. The average molecular weight is 243 g/mol. The molecule has 0 heterocycles. The van der Waals surface area contributed by atoms with E-state index in [2.05, 4.69) is 0 Å². The molecule has 7 nitrogen and oxygen atoms in total. The predicted octanol–water partition coefficient (Wildman–Crippen LogP) is -0.790. The predicted molar refractivity (Wildman–Crippen MR) is 53.0 cm³/mol. The van der Waals surface area contributed by atoms with Crippen LogP contribution >= 0.6 is 0 Å². The molecule has 2 rings (SSSR count). The molecule has 0 aliphatic heterocycles. The molecule has 0 bridgehead atoms. The lowest BCUT2D eigenvalue weighted by Gasteiger charge is -2.23. The van der Waals surface area contributed by atoms with Crippen molar-refractivity contribution < 1.29 is 29.7 Å². The maximum atomic E-state index is 11.1. The van der Waals surface area contributed by atoms with Crippen LogP contribution in [0.1, 0.15) is 12.8 Å². The molecule has 0 aromatic carbocycles.